The van der Waals surface area contributed by atoms with Gasteiger partial charge in [0, 0.05) is 25.0 Å². The summed E-state index contributed by atoms with van der Waals surface area (Å²) in [5.74, 6) is 2.50. The molecule has 1 aliphatic heterocycles. The van der Waals surface area contributed by atoms with E-state index >= 15 is 0 Å². The minimum absolute atomic E-state index is 0.191. The topological polar surface area (TPSA) is 40.2 Å². The maximum atomic E-state index is 5.60. The molecule has 1 aromatic carbocycles. The smallest absolute Gasteiger partial charge is 0.170 e. The number of hydrogen-bond donors (Lipinski definition) is 2. The number of anilines is 2. The monoisotopic (exact) mass is 422 g/mol. The molecule has 2 N–H and O–H groups in total. The van der Waals surface area contributed by atoms with E-state index in [1.807, 2.05) is 6.20 Å². The second-order valence-corrected chi connectivity index (χ2v) is 9.83. The van der Waals surface area contributed by atoms with Gasteiger partial charge in [-0.3, -0.25) is 0 Å². The quantitative estimate of drug-likeness (QED) is 0.635. The highest BCUT2D eigenvalue weighted by Crippen LogP contribution is 2.40. The molecule has 30 heavy (non-hydrogen) atoms. The fourth-order valence-corrected chi connectivity index (χ4v) is 5.52. The number of piperidine rings is 1. The zero-order valence-corrected chi connectivity index (χ0v) is 19.0. The Morgan fingerprint density at radius 1 is 1.07 bits per heavy atom. The molecule has 4 nitrogen and oxygen atoms in total. The zero-order valence-electron chi connectivity index (χ0n) is 18.2. The van der Waals surface area contributed by atoms with Crippen LogP contribution in [0.15, 0.2) is 48.7 Å². The predicted octanol–water partition coefficient (Wildman–Crippen LogP) is 5.36. The molecule has 2 unspecified atom stereocenters. The van der Waals surface area contributed by atoms with Crippen molar-refractivity contribution in [1.82, 2.24) is 10.3 Å². The predicted molar refractivity (Wildman–Crippen MR) is 130 cm³/mol. The van der Waals surface area contributed by atoms with Gasteiger partial charge in [-0.2, -0.15) is 0 Å². The van der Waals surface area contributed by atoms with E-state index in [2.05, 4.69) is 71.8 Å². The molecule has 160 valence electrons. The Hall–Kier alpha value is -2.14. The lowest BCUT2D eigenvalue weighted by Gasteiger charge is -2.35. The number of pyridine rings is 1. The van der Waals surface area contributed by atoms with Crippen LogP contribution in [0.4, 0.5) is 11.5 Å². The van der Waals surface area contributed by atoms with Crippen LogP contribution in [0.2, 0.25) is 0 Å². The Bertz CT molecular complexity index is 820. The molecular weight excluding hydrogens is 388 g/mol. The molecule has 2 aliphatic rings. The molecule has 5 heteroatoms. The van der Waals surface area contributed by atoms with E-state index < -0.39 is 0 Å². The summed E-state index contributed by atoms with van der Waals surface area (Å²) in [6.07, 6.45) is 8.22. The van der Waals surface area contributed by atoms with Crippen molar-refractivity contribution in [2.24, 2.45) is 11.8 Å². The molecule has 0 radical (unpaired) electrons. The third-order valence-electron chi connectivity index (χ3n) is 6.73. The standard InChI is InChI=1S/C25H34N4S/c1-19-14-20(2)17-29(16-19)23-11-10-22(15-26-23)28-24(30)27-18-25(12-6-7-13-25)21-8-4-3-5-9-21/h3-5,8-11,15,19-20H,6-7,12-14,16-18H2,1-2H3,(H2,27,28,30). The Kier molecular flexibility index (Phi) is 6.57. The first-order valence-corrected chi connectivity index (χ1v) is 11.8. The number of nitrogens with one attached hydrogen (secondary N) is 2. The van der Waals surface area contributed by atoms with Gasteiger partial charge in [0.25, 0.3) is 0 Å². The Morgan fingerprint density at radius 3 is 2.40 bits per heavy atom. The molecule has 2 aromatic rings. The van der Waals surface area contributed by atoms with Gasteiger partial charge in [0.15, 0.2) is 5.11 Å². The molecule has 0 spiro atoms. The fourth-order valence-electron chi connectivity index (χ4n) is 5.33. The normalized spacial score (nSPS) is 23.2. The third kappa shape index (κ3) is 4.94. The van der Waals surface area contributed by atoms with Crippen LogP contribution in [0.1, 0.15) is 51.5 Å². The van der Waals surface area contributed by atoms with Gasteiger partial charge in [-0.05, 0) is 61.0 Å². The molecular formula is C25H34N4S. The zero-order chi connectivity index (χ0) is 21.0. The van der Waals surface area contributed by atoms with Crippen LogP contribution in [0.5, 0.6) is 0 Å². The lowest BCUT2D eigenvalue weighted by molar-refractivity contribution is 0.355. The first kappa shape index (κ1) is 21.1. The van der Waals surface area contributed by atoms with Crippen molar-refractivity contribution in [2.75, 3.05) is 29.9 Å². The van der Waals surface area contributed by atoms with E-state index in [4.69, 9.17) is 17.2 Å². The average Bonchev–Trinajstić information content (AvgIpc) is 3.23. The van der Waals surface area contributed by atoms with Crippen molar-refractivity contribution < 1.29 is 0 Å². The van der Waals surface area contributed by atoms with Crippen LogP contribution < -0.4 is 15.5 Å². The lowest BCUT2D eigenvalue weighted by Crippen LogP contribution is -2.40. The van der Waals surface area contributed by atoms with Gasteiger partial charge in [-0.15, -0.1) is 0 Å². The lowest BCUT2D eigenvalue weighted by atomic mass is 9.79. The molecule has 1 aliphatic carbocycles. The number of benzene rings is 1. The highest BCUT2D eigenvalue weighted by atomic mass is 32.1. The van der Waals surface area contributed by atoms with Crippen LogP contribution >= 0.6 is 12.2 Å². The van der Waals surface area contributed by atoms with Crippen LogP contribution in [-0.4, -0.2) is 29.7 Å². The SMILES string of the molecule is CC1CC(C)CN(c2ccc(NC(=S)NCC3(c4ccccc4)CCCC3)cn2)C1. The number of thiocarbonyl (C=S) groups is 1. The number of aromatic nitrogens is 1. The van der Waals surface area contributed by atoms with E-state index in [1.165, 1.54) is 37.7 Å². The first-order chi connectivity index (χ1) is 14.5. The molecule has 2 fully saturated rings. The summed E-state index contributed by atoms with van der Waals surface area (Å²) in [6, 6.07) is 15.1. The molecule has 2 atom stereocenters. The van der Waals surface area contributed by atoms with Gasteiger partial charge < -0.3 is 15.5 Å². The minimum Gasteiger partial charge on any atom is -0.362 e. The summed E-state index contributed by atoms with van der Waals surface area (Å²) in [7, 11) is 0. The van der Waals surface area contributed by atoms with Crippen LogP contribution in [-0.2, 0) is 5.41 Å². The van der Waals surface area contributed by atoms with Gasteiger partial charge >= 0.3 is 0 Å². The van der Waals surface area contributed by atoms with Crippen molar-refractivity contribution in [2.45, 2.75) is 51.4 Å². The van der Waals surface area contributed by atoms with Crippen molar-refractivity contribution in [3.05, 3.63) is 54.2 Å². The molecule has 0 amide bonds. The van der Waals surface area contributed by atoms with Gasteiger partial charge in [0.2, 0.25) is 0 Å². The van der Waals surface area contributed by atoms with Gasteiger partial charge in [0.1, 0.15) is 5.82 Å². The Morgan fingerprint density at radius 2 is 1.77 bits per heavy atom. The molecule has 1 aromatic heterocycles. The maximum Gasteiger partial charge on any atom is 0.170 e. The molecule has 4 rings (SSSR count). The largest absolute Gasteiger partial charge is 0.362 e. The van der Waals surface area contributed by atoms with Crippen molar-refractivity contribution >= 4 is 28.8 Å². The number of nitrogens with zero attached hydrogens (tertiary/aromatic N) is 2. The number of hydrogen-bond acceptors (Lipinski definition) is 3. The van der Waals surface area contributed by atoms with E-state index in [0.29, 0.717) is 5.11 Å². The van der Waals surface area contributed by atoms with E-state index in [0.717, 1.165) is 43.0 Å². The van der Waals surface area contributed by atoms with E-state index in [1.54, 1.807) is 0 Å². The second kappa shape index (κ2) is 9.34. The highest BCUT2D eigenvalue weighted by molar-refractivity contribution is 7.80. The van der Waals surface area contributed by atoms with E-state index in [-0.39, 0.29) is 5.41 Å². The maximum absolute atomic E-state index is 5.60. The average molecular weight is 423 g/mol. The van der Waals surface area contributed by atoms with Gasteiger partial charge in [-0.1, -0.05) is 57.0 Å². The summed E-state index contributed by atoms with van der Waals surface area (Å²) in [5, 5.41) is 7.48. The van der Waals surface area contributed by atoms with Crippen molar-refractivity contribution in [3.63, 3.8) is 0 Å². The fraction of sp³-hybridized carbons (Fsp3) is 0.520. The summed E-state index contributed by atoms with van der Waals surface area (Å²) >= 11 is 5.60. The summed E-state index contributed by atoms with van der Waals surface area (Å²) in [6.45, 7) is 7.71. The molecule has 0 bridgehead atoms. The van der Waals surface area contributed by atoms with Crippen molar-refractivity contribution in [1.29, 1.82) is 0 Å². The van der Waals surface area contributed by atoms with Crippen LogP contribution in [0.25, 0.3) is 0 Å². The molecule has 1 saturated heterocycles. The van der Waals surface area contributed by atoms with Gasteiger partial charge in [-0.25, -0.2) is 4.98 Å². The summed E-state index contributed by atoms with van der Waals surface area (Å²) in [4.78, 5) is 7.10. The highest BCUT2D eigenvalue weighted by Gasteiger charge is 2.35. The van der Waals surface area contributed by atoms with Crippen molar-refractivity contribution in [3.8, 4) is 0 Å². The molecule has 1 saturated carbocycles. The Balaban J connectivity index is 1.34. The summed E-state index contributed by atoms with van der Waals surface area (Å²) < 4.78 is 0. The van der Waals surface area contributed by atoms with Crippen LogP contribution in [0, 0.1) is 11.8 Å². The summed E-state index contributed by atoms with van der Waals surface area (Å²) in [5.41, 5.74) is 2.56. The Labute approximate surface area is 186 Å². The number of rotatable bonds is 5. The minimum atomic E-state index is 0.191. The first-order valence-electron chi connectivity index (χ1n) is 11.4. The van der Waals surface area contributed by atoms with Gasteiger partial charge in [0.05, 0.1) is 11.9 Å². The van der Waals surface area contributed by atoms with E-state index in [9.17, 15) is 0 Å². The third-order valence-corrected chi connectivity index (χ3v) is 6.98. The molecule has 2 heterocycles. The van der Waals surface area contributed by atoms with Crippen LogP contribution in [0.3, 0.4) is 0 Å². The second-order valence-electron chi connectivity index (χ2n) is 9.42.